The lowest BCUT2D eigenvalue weighted by molar-refractivity contribution is -0.137. The molecule has 0 saturated carbocycles. The number of alkyl halides is 1. The van der Waals surface area contributed by atoms with E-state index in [0.29, 0.717) is 19.6 Å². The SMILES string of the molecule is CC(=O)CC(I)OCCNC(=O)CCN1C(=O)C=CC1=O. The van der Waals surface area contributed by atoms with E-state index in [1.807, 2.05) is 22.6 Å². The molecule has 1 heterocycles. The van der Waals surface area contributed by atoms with Crippen LogP contribution in [0.2, 0.25) is 0 Å². The average Bonchev–Trinajstić information content (AvgIpc) is 2.71. The quantitative estimate of drug-likeness (QED) is 0.254. The van der Waals surface area contributed by atoms with E-state index < -0.39 is 11.8 Å². The van der Waals surface area contributed by atoms with Gasteiger partial charge in [-0.1, -0.05) is 22.6 Å². The molecule has 0 saturated heterocycles. The van der Waals surface area contributed by atoms with Crippen molar-refractivity contribution < 1.29 is 23.9 Å². The topological polar surface area (TPSA) is 92.8 Å². The summed E-state index contributed by atoms with van der Waals surface area (Å²) >= 11 is 2.02. The van der Waals surface area contributed by atoms with Gasteiger partial charge < -0.3 is 10.1 Å². The van der Waals surface area contributed by atoms with E-state index >= 15 is 0 Å². The van der Waals surface area contributed by atoms with Crippen LogP contribution < -0.4 is 5.32 Å². The van der Waals surface area contributed by atoms with Crippen LogP contribution in [0.15, 0.2) is 12.2 Å². The third-order valence-electron chi connectivity index (χ3n) is 2.63. The Morgan fingerprint density at radius 2 is 1.95 bits per heavy atom. The minimum atomic E-state index is -0.395. The van der Waals surface area contributed by atoms with Crippen molar-refractivity contribution in [3.63, 3.8) is 0 Å². The van der Waals surface area contributed by atoms with Crippen molar-refractivity contribution in [3.8, 4) is 0 Å². The van der Waals surface area contributed by atoms with E-state index in [4.69, 9.17) is 4.74 Å². The summed E-state index contributed by atoms with van der Waals surface area (Å²) < 4.78 is 5.13. The first-order valence-corrected chi connectivity index (χ1v) is 7.70. The first-order valence-electron chi connectivity index (χ1n) is 6.45. The summed E-state index contributed by atoms with van der Waals surface area (Å²) in [6.45, 7) is 2.18. The molecule has 21 heavy (non-hydrogen) atoms. The third-order valence-corrected chi connectivity index (χ3v) is 3.43. The third kappa shape index (κ3) is 6.80. The van der Waals surface area contributed by atoms with E-state index in [2.05, 4.69) is 5.32 Å². The summed E-state index contributed by atoms with van der Waals surface area (Å²) in [5, 5.41) is 2.62. The van der Waals surface area contributed by atoms with Crippen molar-refractivity contribution in [3.05, 3.63) is 12.2 Å². The molecule has 1 aliphatic rings. The zero-order valence-electron chi connectivity index (χ0n) is 11.6. The maximum Gasteiger partial charge on any atom is 0.253 e. The Balaban J connectivity index is 2.10. The fourth-order valence-electron chi connectivity index (χ4n) is 1.62. The summed E-state index contributed by atoms with van der Waals surface area (Å²) in [5.41, 5.74) is 0. The number of carbonyl (C=O) groups excluding carboxylic acids is 4. The van der Waals surface area contributed by atoms with E-state index in [0.717, 1.165) is 4.90 Å². The normalized spacial score (nSPS) is 15.4. The average molecular weight is 408 g/mol. The summed E-state index contributed by atoms with van der Waals surface area (Å²) in [7, 11) is 0. The fourth-order valence-corrected chi connectivity index (χ4v) is 2.49. The molecule has 116 valence electrons. The number of nitrogens with zero attached hydrogens (tertiary/aromatic N) is 1. The van der Waals surface area contributed by atoms with Gasteiger partial charge in [-0.3, -0.25) is 24.1 Å². The minimum absolute atomic E-state index is 0.0481. The second kappa shape index (κ2) is 8.88. The molecule has 7 nitrogen and oxygen atoms in total. The second-order valence-electron chi connectivity index (χ2n) is 4.45. The monoisotopic (exact) mass is 408 g/mol. The van der Waals surface area contributed by atoms with Crippen LogP contribution in [0.1, 0.15) is 19.8 Å². The van der Waals surface area contributed by atoms with Crippen molar-refractivity contribution in [2.24, 2.45) is 0 Å². The Morgan fingerprint density at radius 1 is 1.33 bits per heavy atom. The van der Waals surface area contributed by atoms with Gasteiger partial charge in [-0.05, 0) is 6.92 Å². The Kier molecular flexibility index (Phi) is 7.51. The lowest BCUT2D eigenvalue weighted by Crippen LogP contribution is -2.35. The number of imide groups is 1. The number of rotatable bonds is 9. The maximum absolute atomic E-state index is 11.5. The standard InChI is InChI=1S/C13H17IN2O5/c1-9(17)8-10(14)21-7-5-15-11(18)4-6-16-12(19)2-3-13(16)20/h2-3,10H,4-8H2,1H3,(H,15,18). The van der Waals surface area contributed by atoms with Crippen molar-refractivity contribution in [1.82, 2.24) is 10.2 Å². The molecule has 0 aromatic carbocycles. The molecule has 0 radical (unpaired) electrons. The molecule has 1 atom stereocenters. The van der Waals surface area contributed by atoms with Crippen LogP contribution in [-0.2, 0) is 23.9 Å². The lowest BCUT2D eigenvalue weighted by atomic mass is 10.3. The number of nitrogens with one attached hydrogen (secondary N) is 1. The van der Waals surface area contributed by atoms with Crippen LogP contribution in [0.25, 0.3) is 0 Å². The highest BCUT2D eigenvalue weighted by molar-refractivity contribution is 14.1. The van der Waals surface area contributed by atoms with Crippen LogP contribution >= 0.6 is 22.6 Å². The number of ether oxygens (including phenoxy) is 1. The number of ketones is 1. The maximum atomic E-state index is 11.5. The molecular weight excluding hydrogens is 391 g/mol. The van der Waals surface area contributed by atoms with Gasteiger partial charge in [0.1, 0.15) is 9.89 Å². The van der Waals surface area contributed by atoms with Crippen LogP contribution in [0, 0.1) is 0 Å². The molecule has 0 aromatic rings. The summed E-state index contributed by atoms with van der Waals surface area (Å²) in [6.07, 6.45) is 2.76. The zero-order chi connectivity index (χ0) is 15.8. The molecule has 1 N–H and O–H groups in total. The molecule has 3 amide bonds. The van der Waals surface area contributed by atoms with Crippen LogP contribution in [0.3, 0.4) is 0 Å². The van der Waals surface area contributed by atoms with Gasteiger partial charge in [-0.15, -0.1) is 0 Å². The molecule has 0 spiro atoms. The van der Waals surface area contributed by atoms with Crippen LogP contribution in [0.5, 0.6) is 0 Å². The number of Topliss-reactive ketones (excluding diaryl/α,β-unsaturated/α-hetero) is 1. The molecule has 1 aliphatic heterocycles. The van der Waals surface area contributed by atoms with Gasteiger partial charge in [0, 0.05) is 38.1 Å². The molecule has 1 unspecified atom stereocenters. The van der Waals surface area contributed by atoms with Crippen molar-refractivity contribution >= 4 is 46.1 Å². The predicted octanol–water partition coefficient (Wildman–Crippen LogP) is 0.175. The molecule has 8 heteroatoms. The lowest BCUT2D eigenvalue weighted by Gasteiger charge is -2.14. The highest BCUT2D eigenvalue weighted by atomic mass is 127. The van der Waals surface area contributed by atoms with E-state index in [-0.39, 0.29) is 28.8 Å². The summed E-state index contributed by atoms with van der Waals surface area (Å²) in [5.74, 6) is -1.00. The number of hydrogen-bond acceptors (Lipinski definition) is 5. The second-order valence-corrected chi connectivity index (χ2v) is 5.84. The number of halogens is 1. The van der Waals surface area contributed by atoms with Gasteiger partial charge in [-0.25, -0.2) is 0 Å². The summed E-state index contributed by atoms with van der Waals surface area (Å²) in [4.78, 5) is 45.9. The first kappa shape index (κ1) is 17.8. The van der Waals surface area contributed by atoms with Crippen LogP contribution in [-0.4, -0.2) is 52.2 Å². The van der Waals surface area contributed by atoms with E-state index in [1.54, 1.807) is 0 Å². The number of carbonyl (C=O) groups is 4. The molecular formula is C13H17IN2O5. The van der Waals surface area contributed by atoms with Gasteiger partial charge in [0.15, 0.2) is 0 Å². The predicted molar refractivity (Wildman–Crippen MR) is 82.5 cm³/mol. The largest absolute Gasteiger partial charge is 0.366 e. The Labute approximate surface area is 136 Å². The van der Waals surface area contributed by atoms with Crippen molar-refractivity contribution in [2.75, 3.05) is 19.7 Å². The Bertz CT molecular complexity index is 445. The number of hydrogen-bond donors (Lipinski definition) is 1. The molecule has 0 aromatic heterocycles. The molecule has 0 bridgehead atoms. The zero-order valence-corrected chi connectivity index (χ0v) is 13.8. The highest BCUT2D eigenvalue weighted by Gasteiger charge is 2.23. The molecule has 0 aliphatic carbocycles. The van der Waals surface area contributed by atoms with Gasteiger partial charge in [0.2, 0.25) is 5.91 Å². The fraction of sp³-hybridized carbons (Fsp3) is 0.538. The smallest absolute Gasteiger partial charge is 0.253 e. The highest BCUT2D eigenvalue weighted by Crippen LogP contribution is 2.07. The van der Waals surface area contributed by atoms with E-state index in [1.165, 1.54) is 19.1 Å². The van der Waals surface area contributed by atoms with E-state index in [9.17, 15) is 19.2 Å². The minimum Gasteiger partial charge on any atom is -0.366 e. The van der Waals surface area contributed by atoms with Crippen LogP contribution in [0.4, 0.5) is 0 Å². The first-order chi connectivity index (χ1) is 9.90. The number of amides is 3. The van der Waals surface area contributed by atoms with Crippen molar-refractivity contribution in [2.45, 2.75) is 23.9 Å². The van der Waals surface area contributed by atoms with Gasteiger partial charge in [0.25, 0.3) is 11.8 Å². The van der Waals surface area contributed by atoms with Gasteiger partial charge in [0.05, 0.1) is 6.61 Å². The Morgan fingerprint density at radius 3 is 2.52 bits per heavy atom. The Hall–Kier alpha value is -1.29. The van der Waals surface area contributed by atoms with Gasteiger partial charge in [-0.2, -0.15) is 0 Å². The van der Waals surface area contributed by atoms with Crippen molar-refractivity contribution in [1.29, 1.82) is 0 Å². The molecule has 1 rings (SSSR count). The summed E-state index contributed by atoms with van der Waals surface area (Å²) in [6, 6.07) is 0. The van der Waals surface area contributed by atoms with Gasteiger partial charge >= 0.3 is 0 Å². The molecule has 0 fully saturated rings.